The Hall–Kier alpha value is -2.84. The minimum atomic E-state index is 0.180. The Morgan fingerprint density at radius 3 is 2.52 bits per heavy atom. The first-order valence-electron chi connectivity index (χ1n) is 8.43. The highest BCUT2D eigenvalue weighted by Gasteiger charge is 2.19. The maximum atomic E-state index is 9.30. The molecule has 5 heteroatoms. The average Bonchev–Trinajstić information content (AvgIpc) is 2.69. The molecule has 3 rings (SSSR count). The molecule has 2 aromatic carbocycles. The van der Waals surface area contributed by atoms with Crippen molar-refractivity contribution >= 4 is 11.4 Å². The monoisotopic (exact) mass is 335 g/mol. The number of ether oxygens (including phenoxy) is 2. The summed E-state index contributed by atoms with van der Waals surface area (Å²) in [5.41, 5.74) is 5.45. The Morgan fingerprint density at radius 2 is 1.84 bits per heavy atom. The second-order valence-corrected chi connectivity index (χ2v) is 5.91. The van der Waals surface area contributed by atoms with Crippen molar-refractivity contribution in [3.8, 4) is 11.8 Å². The lowest BCUT2D eigenvalue weighted by Crippen LogP contribution is -2.23. The van der Waals surface area contributed by atoms with Crippen LogP contribution in [0.4, 0.5) is 5.69 Å². The van der Waals surface area contributed by atoms with Gasteiger partial charge in [0.25, 0.3) is 0 Å². The third kappa shape index (κ3) is 5.07. The van der Waals surface area contributed by atoms with Gasteiger partial charge in [-0.05, 0) is 42.7 Å². The van der Waals surface area contributed by atoms with Crippen LogP contribution in [-0.2, 0) is 11.3 Å². The van der Waals surface area contributed by atoms with E-state index >= 15 is 0 Å². The van der Waals surface area contributed by atoms with Crippen LogP contribution in [0.1, 0.15) is 18.4 Å². The molecule has 0 aromatic heterocycles. The summed E-state index contributed by atoms with van der Waals surface area (Å²) in [7, 11) is 0. The fourth-order valence-corrected chi connectivity index (χ4v) is 2.67. The van der Waals surface area contributed by atoms with E-state index in [4.69, 9.17) is 9.47 Å². The zero-order valence-corrected chi connectivity index (χ0v) is 14.0. The third-order valence-electron chi connectivity index (χ3n) is 4.13. The molecule has 0 amide bonds. The Bertz CT molecular complexity index is 730. The molecule has 2 aromatic rings. The predicted octanol–water partition coefficient (Wildman–Crippen LogP) is 3.98. The summed E-state index contributed by atoms with van der Waals surface area (Å²) in [5.74, 6) is 0.975. The highest BCUT2D eigenvalue weighted by atomic mass is 16.5. The van der Waals surface area contributed by atoms with Crippen LogP contribution in [0, 0.1) is 17.2 Å². The molecule has 1 aliphatic rings. The van der Waals surface area contributed by atoms with E-state index in [1.54, 1.807) is 0 Å². The smallest absolute Gasteiger partial charge is 0.141 e. The van der Waals surface area contributed by atoms with Gasteiger partial charge in [-0.15, -0.1) is 0 Å². The van der Waals surface area contributed by atoms with Gasteiger partial charge >= 0.3 is 0 Å². The highest BCUT2D eigenvalue weighted by molar-refractivity contribution is 6.00. The summed E-state index contributed by atoms with van der Waals surface area (Å²) in [4.78, 5) is 0. The summed E-state index contributed by atoms with van der Waals surface area (Å²) < 4.78 is 11.1. The normalized spacial score (nSPS) is 15.4. The standard InChI is InChI=1S/C20H21N3O2/c21-14-20(17-10-12-24-13-11-17)23-22-18-6-8-19(9-7-18)25-15-16-4-2-1-3-5-16/h1-9,17,22H,10-13,15H2/b23-20+. The van der Waals surface area contributed by atoms with Crippen molar-refractivity contribution in [1.82, 2.24) is 0 Å². The van der Waals surface area contributed by atoms with E-state index in [0.717, 1.165) is 29.8 Å². The Morgan fingerprint density at radius 1 is 1.12 bits per heavy atom. The van der Waals surface area contributed by atoms with Gasteiger partial charge in [-0.25, -0.2) is 0 Å². The van der Waals surface area contributed by atoms with Crippen molar-refractivity contribution < 1.29 is 9.47 Å². The molecule has 128 valence electrons. The van der Waals surface area contributed by atoms with Gasteiger partial charge in [0.2, 0.25) is 0 Å². The molecule has 0 aliphatic carbocycles. The van der Waals surface area contributed by atoms with Gasteiger partial charge < -0.3 is 9.47 Å². The van der Waals surface area contributed by atoms with Crippen molar-refractivity contribution in [1.29, 1.82) is 5.26 Å². The van der Waals surface area contributed by atoms with Crippen molar-refractivity contribution in [3.63, 3.8) is 0 Å². The van der Waals surface area contributed by atoms with Crippen LogP contribution < -0.4 is 10.2 Å². The van der Waals surface area contributed by atoms with E-state index in [2.05, 4.69) is 16.6 Å². The van der Waals surface area contributed by atoms with E-state index in [1.165, 1.54) is 0 Å². The van der Waals surface area contributed by atoms with Gasteiger partial charge in [-0.3, -0.25) is 5.43 Å². The number of benzene rings is 2. The predicted molar refractivity (Wildman–Crippen MR) is 97.4 cm³/mol. The minimum Gasteiger partial charge on any atom is -0.489 e. The lowest BCUT2D eigenvalue weighted by atomic mass is 9.95. The second kappa shape index (κ2) is 8.86. The Kier molecular flexibility index (Phi) is 6.02. The highest BCUT2D eigenvalue weighted by Crippen LogP contribution is 2.19. The van der Waals surface area contributed by atoms with Gasteiger partial charge in [-0.2, -0.15) is 10.4 Å². The molecular formula is C20H21N3O2. The van der Waals surface area contributed by atoms with Crippen molar-refractivity contribution in [2.24, 2.45) is 11.0 Å². The third-order valence-corrected chi connectivity index (χ3v) is 4.13. The first-order valence-corrected chi connectivity index (χ1v) is 8.43. The molecule has 0 saturated carbocycles. The molecule has 0 unspecified atom stereocenters. The Labute approximate surface area is 147 Å². The van der Waals surface area contributed by atoms with Crippen molar-refractivity contribution in [2.75, 3.05) is 18.6 Å². The number of hydrogen-bond donors (Lipinski definition) is 1. The molecule has 1 aliphatic heterocycles. The number of nitrogens with one attached hydrogen (secondary N) is 1. The van der Waals surface area contributed by atoms with E-state index in [1.807, 2.05) is 54.6 Å². The van der Waals surface area contributed by atoms with Gasteiger partial charge in [0, 0.05) is 19.1 Å². The van der Waals surface area contributed by atoms with E-state index in [-0.39, 0.29) is 5.92 Å². The van der Waals surface area contributed by atoms with Crippen molar-refractivity contribution in [3.05, 3.63) is 60.2 Å². The van der Waals surface area contributed by atoms with Crippen LogP contribution in [0.2, 0.25) is 0 Å². The second-order valence-electron chi connectivity index (χ2n) is 5.91. The molecule has 1 saturated heterocycles. The summed E-state index contributed by atoms with van der Waals surface area (Å²) in [6, 6.07) is 19.8. The SMILES string of the molecule is N#C/C(=N\Nc1ccc(OCc2ccccc2)cc1)C1CCOCC1. The maximum Gasteiger partial charge on any atom is 0.141 e. The van der Waals surface area contributed by atoms with Crippen LogP contribution in [0.5, 0.6) is 5.75 Å². The quantitative estimate of drug-likeness (QED) is 0.640. The zero-order chi connectivity index (χ0) is 17.3. The number of hydrazone groups is 1. The maximum absolute atomic E-state index is 9.30. The molecule has 1 N–H and O–H groups in total. The molecule has 0 radical (unpaired) electrons. The largest absolute Gasteiger partial charge is 0.489 e. The van der Waals surface area contributed by atoms with Gasteiger partial charge in [0.15, 0.2) is 0 Å². The number of nitrogens with zero attached hydrogens (tertiary/aromatic N) is 2. The average molecular weight is 335 g/mol. The van der Waals surface area contributed by atoms with Crippen LogP contribution in [0.25, 0.3) is 0 Å². The van der Waals surface area contributed by atoms with Gasteiger partial charge in [-0.1, -0.05) is 30.3 Å². The first-order chi connectivity index (χ1) is 12.3. The summed E-state index contributed by atoms with van der Waals surface area (Å²) in [5, 5.41) is 13.6. The first kappa shape index (κ1) is 17.0. The summed E-state index contributed by atoms with van der Waals surface area (Å²) >= 11 is 0. The van der Waals surface area contributed by atoms with Gasteiger partial charge in [0.1, 0.15) is 24.1 Å². The minimum absolute atomic E-state index is 0.180. The fraction of sp³-hybridized carbons (Fsp3) is 0.300. The molecule has 0 bridgehead atoms. The lowest BCUT2D eigenvalue weighted by Gasteiger charge is -2.20. The number of rotatable bonds is 6. The molecule has 0 spiro atoms. The van der Waals surface area contributed by atoms with Crippen LogP contribution in [-0.4, -0.2) is 18.9 Å². The summed E-state index contributed by atoms with van der Waals surface area (Å²) in [6.07, 6.45) is 1.70. The molecular weight excluding hydrogens is 314 g/mol. The van der Waals surface area contributed by atoms with E-state index in [9.17, 15) is 5.26 Å². The molecule has 1 fully saturated rings. The lowest BCUT2D eigenvalue weighted by molar-refractivity contribution is 0.0831. The fourth-order valence-electron chi connectivity index (χ4n) is 2.67. The van der Waals surface area contributed by atoms with Gasteiger partial charge in [0.05, 0.1) is 5.69 Å². The topological polar surface area (TPSA) is 66.6 Å². The van der Waals surface area contributed by atoms with Crippen LogP contribution in [0.15, 0.2) is 59.7 Å². The number of nitriles is 1. The zero-order valence-electron chi connectivity index (χ0n) is 14.0. The van der Waals surface area contributed by atoms with Crippen molar-refractivity contribution in [2.45, 2.75) is 19.4 Å². The molecule has 5 nitrogen and oxygen atoms in total. The van der Waals surface area contributed by atoms with Crippen LogP contribution in [0.3, 0.4) is 0 Å². The summed E-state index contributed by atoms with van der Waals surface area (Å²) in [6.45, 7) is 1.92. The molecule has 0 atom stereocenters. The number of anilines is 1. The molecule has 1 heterocycles. The van der Waals surface area contributed by atoms with Crippen LogP contribution >= 0.6 is 0 Å². The molecule has 25 heavy (non-hydrogen) atoms. The Balaban J connectivity index is 1.55. The van der Waals surface area contributed by atoms with E-state index < -0.39 is 0 Å². The van der Waals surface area contributed by atoms with E-state index in [0.29, 0.717) is 25.5 Å². The number of hydrogen-bond acceptors (Lipinski definition) is 5.